The van der Waals surface area contributed by atoms with Crippen molar-refractivity contribution in [3.05, 3.63) is 0 Å². The van der Waals surface area contributed by atoms with E-state index in [1.807, 2.05) is 0 Å². The summed E-state index contributed by atoms with van der Waals surface area (Å²) in [6.07, 6.45) is 6.18. The Bertz CT molecular complexity index is 224. The molecule has 0 radical (unpaired) electrons. The Kier molecular flexibility index (Phi) is 2.80. The first kappa shape index (κ1) is 10.0. The van der Waals surface area contributed by atoms with Gasteiger partial charge in [-0.1, -0.05) is 12.8 Å². The van der Waals surface area contributed by atoms with Crippen molar-refractivity contribution in [3.63, 3.8) is 0 Å². The van der Waals surface area contributed by atoms with Gasteiger partial charge in [0.15, 0.2) is 0 Å². The van der Waals surface area contributed by atoms with E-state index in [2.05, 4.69) is 18.7 Å². The summed E-state index contributed by atoms with van der Waals surface area (Å²) in [5.41, 5.74) is 0. The highest BCUT2D eigenvalue weighted by Gasteiger charge is 2.35. The van der Waals surface area contributed by atoms with Crippen LogP contribution in [0.5, 0.6) is 0 Å². The van der Waals surface area contributed by atoms with Crippen molar-refractivity contribution >= 4 is 5.91 Å². The highest BCUT2D eigenvalue weighted by molar-refractivity contribution is 5.77. The van der Waals surface area contributed by atoms with Crippen LogP contribution in [0.3, 0.4) is 0 Å². The number of fused-ring (bicyclic) bond motifs is 1. The number of nitrogens with zero attached hydrogens (tertiary/aromatic N) is 1. The summed E-state index contributed by atoms with van der Waals surface area (Å²) in [6, 6.07) is 0.394. The van der Waals surface area contributed by atoms with E-state index in [4.69, 9.17) is 0 Å². The molecule has 2 nitrogen and oxygen atoms in total. The van der Waals surface area contributed by atoms with Gasteiger partial charge < -0.3 is 4.90 Å². The Labute approximate surface area is 86.7 Å². The molecule has 2 rings (SSSR count). The summed E-state index contributed by atoms with van der Waals surface area (Å²) in [7, 11) is 0. The summed E-state index contributed by atoms with van der Waals surface area (Å²) in [5.74, 6) is 1.92. The lowest BCUT2D eigenvalue weighted by atomic mass is 9.74. The minimum atomic E-state index is 0.392. The third-order valence-corrected chi connectivity index (χ3v) is 3.88. The van der Waals surface area contributed by atoms with Crippen LogP contribution in [-0.4, -0.2) is 23.4 Å². The highest BCUT2D eigenvalue weighted by atomic mass is 16.2. The van der Waals surface area contributed by atoms with Gasteiger partial charge in [-0.05, 0) is 38.5 Å². The summed E-state index contributed by atoms with van der Waals surface area (Å²) < 4.78 is 0. The van der Waals surface area contributed by atoms with Gasteiger partial charge in [-0.25, -0.2) is 0 Å². The maximum absolute atomic E-state index is 11.8. The first-order valence-corrected chi connectivity index (χ1v) is 5.98. The molecule has 0 aromatic carbocycles. The molecule has 0 aromatic rings. The Balaban J connectivity index is 2.03. The quantitative estimate of drug-likeness (QED) is 0.629. The van der Waals surface area contributed by atoms with Crippen LogP contribution >= 0.6 is 0 Å². The summed E-state index contributed by atoms with van der Waals surface area (Å²) in [6.45, 7) is 5.28. The fourth-order valence-electron chi connectivity index (χ4n) is 2.99. The topological polar surface area (TPSA) is 20.3 Å². The van der Waals surface area contributed by atoms with Crippen molar-refractivity contribution in [1.82, 2.24) is 4.90 Å². The first-order valence-electron chi connectivity index (χ1n) is 5.98. The summed E-state index contributed by atoms with van der Waals surface area (Å²) >= 11 is 0. The summed E-state index contributed by atoms with van der Waals surface area (Å²) in [5, 5.41) is 0. The van der Waals surface area contributed by atoms with Crippen LogP contribution < -0.4 is 0 Å². The summed E-state index contributed by atoms with van der Waals surface area (Å²) in [4.78, 5) is 13.9. The van der Waals surface area contributed by atoms with Crippen molar-refractivity contribution < 1.29 is 4.79 Å². The third-order valence-electron chi connectivity index (χ3n) is 3.88. The lowest BCUT2D eigenvalue weighted by molar-refractivity contribution is -0.140. The fraction of sp³-hybridized carbons (Fsp3) is 0.917. The Morgan fingerprint density at radius 2 is 1.86 bits per heavy atom. The lowest BCUT2D eigenvalue weighted by Crippen LogP contribution is -2.48. The standard InChI is InChI=1S/C12H21NO/c1-9(2)13-8-11-6-4-3-5-10(11)7-12(13)14/h9-11H,3-8H2,1-2H3. The molecule has 2 heteroatoms. The molecule has 2 atom stereocenters. The molecule has 2 unspecified atom stereocenters. The monoisotopic (exact) mass is 195 g/mol. The third kappa shape index (κ3) is 1.79. The van der Waals surface area contributed by atoms with Gasteiger partial charge in [0, 0.05) is 19.0 Å². The predicted molar refractivity (Wildman–Crippen MR) is 56.9 cm³/mol. The second-order valence-electron chi connectivity index (χ2n) is 5.15. The smallest absolute Gasteiger partial charge is 0.223 e. The van der Waals surface area contributed by atoms with Crippen molar-refractivity contribution in [1.29, 1.82) is 0 Å². The van der Waals surface area contributed by atoms with Gasteiger partial charge >= 0.3 is 0 Å². The zero-order chi connectivity index (χ0) is 10.1. The van der Waals surface area contributed by atoms with Crippen LogP contribution in [-0.2, 0) is 4.79 Å². The molecule has 2 fully saturated rings. The van der Waals surface area contributed by atoms with Gasteiger partial charge in [-0.3, -0.25) is 4.79 Å². The van der Waals surface area contributed by atoms with Gasteiger partial charge in [0.05, 0.1) is 0 Å². The predicted octanol–water partition coefficient (Wildman–Crippen LogP) is 2.43. The molecule has 1 amide bonds. The number of hydrogen-bond donors (Lipinski definition) is 0. The molecule has 0 aromatic heterocycles. The van der Waals surface area contributed by atoms with Crippen LogP contribution in [0.15, 0.2) is 0 Å². The average Bonchev–Trinajstić information content (AvgIpc) is 2.16. The number of carbonyl (C=O) groups excluding carboxylic acids is 1. The fourth-order valence-corrected chi connectivity index (χ4v) is 2.99. The van der Waals surface area contributed by atoms with Crippen molar-refractivity contribution in [2.75, 3.05) is 6.54 Å². The first-order chi connectivity index (χ1) is 6.68. The zero-order valence-electron chi connectivity index (χ0n) is 9.33. The Morgan fingerprint density at radius 3 is 2.50 bits per heavy atom. The van der Waals surface area contributed by atoms with Gasteiger partial charge in [0.2, 0.25) is 5.91 Å². The maximum atomic E-state index is 11.8. The van der Waals surface area contributed by atoms with E-state index >= 15 is 0 Å². The minimum Gasteiger partial charge on any atom is -0.340 e. The van der Waals surface area contributed by atoms with Crippen LogP contribution in [0.25, 0.3) is 0 Å². The molecule has 2 aliphatic rings. The maximum Gasteiger partial charge on any atom is 0.223 e. The molecule has 1 heterocycles. The molecule has 80 valence electrons. The highest BCUT2D eigenvalue weighted by Crippen LogP contribution is 2.36. The lowest BCUT2D eigenvalue weighted by Gasteiger charge is -2.42. The number of rotatable bonds is 1. The largest absolute Gasteiger partial charge is 0.340 e. The molecular weight excluding hydrogens is 174 g/mol. The molecule has 1 saturated heterocycles. The zero-order valence-corrected chi connectivity index (χ0v) is 9.33. The molecule has 1 aliphatic carbocycles. The molecule has 1 aliphatic heterocycles. The van der Waals surface area contributed by atoms with Gasteiger partial charge in [-0.15, -0.1) is 0 Å². The Morgan fingerprint density at radius 1 is 1.21 bits per heavy atom. The average molecular weight is 195 g/mol. The van der Waals surface area contributed by atoms with Gasteiger partial charge in [0.1, 0.15) is 0 Å². The molecule has 1 saturated carbocycles. The number of carbonyl (C=O) groups is 1. The molecule has 0 spiro atoms. The van der Waals surface area contributed by atoms with Crippen LogP contribution in [0.1, 0.15) is 46.0 Å². The molecule has 14 heavy (non-hydrogen) atoms. The van der Waals surface area contributed by atoms with Crippen molar-refractivity contribution in [2.24, 2.45) is 11.8 Å². The van der Waals surface area contributed by atoms with Gasteiger partial charge in [0.25, 0.3) is 0 Å². The van der Waals surface area contributed by atoms with Crippen LogP contribution in [0.2, 0.25) is 0 Å². The van der Waals surface area contributed by atoms with E-state index in [0.717, 1.165) is 18.9 Å². The van der Waals surface area contributed by atoms with E-state index in [1.54, 1.807) is 0 Å². The normalized spacial score (nSPS) is 33.4. The minimum absolute atomic E-state index is 0.392. The van der Waals surface area contributed by atoms with E-state index in [1.165, 1.54) is 25.7 Å². The van der Waals surface area contributed by atoms with E-state index in [-0.39, 0.29) is 0 Å². The van der Waals surface area contributed by atoms with Crippen molar-refractivity contribution in [2.45, 2.75) is 52.0 Å². The van der Waals surface area contributed by atoms with Crippen LogP contribution in [0, 0.1) is 11.8 Å². The number of likely N-dealkylation sites (tertiary alicyclic amines) is 1. The second kappa shape index (κ2) is 3.92. The Hall–Kier alpha value is -0.530. The molecule has 0 bridgehead atoms. The van der Waals surface area contributed by atoms with E-state index in [0.29, 0.717) is 17.9 Å². The van der Waals surface area contributed by atoms with Crippen LogP contribution in [0.4, 0.5) is 0 Å². The number of amides is 1. The molecular formula is C12H21NO. The second-order valence-corrected chi connectivity index (χ2v) is 5.15. The SMILES string of the molecule is CC(C)N1CC2CCCCC2CC1=O. The van der Waals surface area contributed by atoms with E-state index < -0.39 is 0 Å². The molecule has 0 N–H and O–H groups in total. The van der Waals surface area contributed by atoms with Gasteiger partial charge in [-0.2, -0.15) is 0 Å². The number of piperidine rings is 1. The van der Waals surface area contributed by atoms with E-state index in [9.17, 15) is 4.79 Å². The van der Waals surface area contributed by atoms with Crippen molar-refractivity contribution in [3.8, 4) is 0 Å². The number of hydrogen-bond acceptors (Lipinski definition) is 1.